The normalized spacial score (nSPS) is 14.4. The molecule has 0 N–H and O–H groups in total. The molecule has 3 aromatic rings. The lowest BCUT2D eigenvalue weighted by Gasteiger charge is -2.39. The summed E-state index contributed by atoms with van der Waals surface area (Å²) in [5, 5.41) is 5.98. The molecule has 1 saturated heterocycles. The summed E-state index contributed by atoms with van der Waals surface area (Å²) in [6.07, 6.45) is 0.187. The lowest BCUT2D eigenvalue weighted by Crippen LogP contribution is -2.49. The zero-order valence-corrected chi connectivity index (χ0v) is 20.7. The Kier molecular flexibility index (Phi) is 8.01. The van der Waals surface area contributed by atoms with Gasteiger partial charge >= 0.3 is 5.97 Å². The zero-order valence-electron chi connectivity index (χ0n) is 19.1. The average molecular weight is 516 g/mol. The van der Waals surface area contributed by atoms with E-state index in [-0.39, 0.29) is 12.4 Å². The number of rotatable bonds is 11. The van der Waals surface area contributed by atoms with E-state index in [4.69, 9.17) is 19.3 Å². The molecule has 0 unspecified atom stereocenters. The van der Waals surface area contributed by atoms with E-state index >= 15 is 0 Å². The highest BCUT2D eigenvalue weighted by atomic mass is 79.9. The number of aromatic nitrogens is 2. The predicted octanol–water partition coefficient (Wildman–Crippen LogP) is 4.06. The van der Waals surface area contributed by atoms with Gasteiger partial charge in [-0.1, -0.05) is 34.1 Å². The molecular formula is C25H30BrN3O4. The Morgan fingerprint density at radius 2 is 2.03 bits per heavy atom. The van der Waals surface area contributed by atoms with Crippen LogP contribution in [-0.4, -0.2) is 60.6 Å². The summed E-state index contributed by atoms with van der Waals surface area (Å²) < 4.78 is 19.5. The van der Waals surface area contributed by atoms with E-state index in [1.165, 1.54) is 0 Å². The third-order valence-electron chi connectivity index (χ3n) is 5.84. The maximum Gasteiger partial charge on any atom is 0.310 e. The van der Waals surface area contributed by atoms with Gasteiger partial charge in [0.15, 0.2) is 0 Å². The number of ether oxygens (including phenoxy) is 3. The molecular weight excluding hydrogens is 486 g/mol. The second-order valence-electron chi connectivity index (χ2n) is 8.29. The van der Waals surface area contributed by atoms with Crippen molar-refractivity contribution in [2.45, 2.75) is 26.5 Å². The molecule has 0 radical (unpaired) electrons. The van der Waals surface area contributed by atoms with Gasteiger partial charge in [-0.25, -0.2) is 0 Å². The number of nitrogens with zero attached hydrogens (tertiary/aromatic N) is 3. The highest BCUT2D eigenvalue weighted by Gasteiger charge is 2.27. The first-order valence-corrected chi connectivity index (χ1v) is 12.1. The number of hydrogen-bond donors (Lipinski definition) is 0. The van der Waals surface area contributed by atoms with Crippen molar-refractivity contribution in [1.82, 2.24) is 14.7 Å². The van der Waals surface area contributed by atoms with Crippen LogP contribution in [0.1, 0.15) is 18.2 Å². The van der Waals surface area contributed by atoms with Crippen LogP contribution < -0.4 is 4.74 Å². The number of para-hydroxylation sites is 1. The van der Waals surface area contributed by atoms with Crippen LogP contribution in [0.15, 0.2) is 46.9 Å². The summed E-state index contributed by atoms with van der Waals surface area (Å²) in [7, 11) is 1.74. The van der Waals surface area contributed by atoms with Gasteiger partial charge in [0.1, 0.15) is 18.1 Å². The van der Waals surface area contributed by atoms with Crippen molar-refractivity contribution < 1.29 is 19.0 Å². The molecule has 1 fully saturated rings. The number of fused-ring (bicyclic) bond motifs is 1. The molecule has 0 spiro atoms. The van der Waals surface area contributed by atoms with Crippen LogP contribution in [0.25, 0.3) is 10.9 Å². The van der Waals surface area contributed by atoms with Crippen molar-refractivity contribution in [2.24, 2.45) is 5.92 Å². The SMILES string of the molecule is CCOC(=O)Cc1ccccc1OCc1nn(CC2CN(CCOC)C2)c2ccc(Br)cc12. The first kappa shape index (κ1) is 23.7. The second-order valence-corrected chi connectivity index (χ2v) is 9.20. The van der Waals surface area contributed by atoms with E-state index in [0.29, 0.717) is 24.9 Å². The number of esters is 1. The highest BCUT2D eigenvalue weighted by Crippen LogP contribution is 2.27. The molecule has 1 aliphatic heterocycles. The van der Waals surface area contributed by atoms with Crippen LogP contribution in [0.2, 0.25) is 0 Å². The summed E-state index contributed by atoms with van der Waals surface area (Å²) in [4.78, 5) is 14.4. The first-order valence-electron chi connectivity index (χ1n) is 11.3. The maximum absolute atomic E-state index is 12.0. The second kappa shape index (κ2) is 11.1. The third-order valence-corrected chi connectivity index (χ3v) is 6.33. The van der Waals surface area contributed by atoms with Crippen LogP contribution >= 0.6 is 15.9 Å². The number of methoxy groups -OCH3 is 1. The smallest absolute Gasteiger partial charge is 0.310 e. The maximum atomic E-state index is 12.0. The fourth-order valence-corrected chi connectivity index (χ4v) is 4.57. The van der Waals surface area contributed by atoms with Gasteiger partial charge in [-0.15, -0.1) is 0 Å². The summed E-state index contributed by atoms with van der Waals surface area (Å²) in [6, 6.07) is 13.8. The monoisotopic (exact) mass is 515 g/mol. The first-order chi connectivity index (χ1) is 16.1. The van der Waals surface area contributed by atoms with Crippen LogP contribution in [-0.2, 0) is 33.8 Å². The van der Waals surface area contributed by atoms with Crippen LogP contribution in [0.3, 0.4) is 0 Å². The van der Waals surface area contributed by atoms with Crippen LogP contribution in [0.5, 0.6) is 5.75 Å². The van der Waals surface area contributed by atoms with Crippen LogP contribution in [0, 0.1) is 5.92 Å². The quantitative estimate of drug-likeness (QED) is 0.358. The Morgan fingerprint density at radius 3 is 2.82 bits per heavy atom. The van der Waals surface area contributed by atoms with Gasteiger partial charge in [0.2, 0.25) is 0 Å². The number of hydrogen-bond acceptors (Lipinski definition) is 6. The minimum Gasteiger partial charge on any atom is -0.487 e. The summed E-state index contributed by atoms with van der Waals surface area (Å²) in [5.74, 6) is 0.996. The van der Waals surface area contributed by atoms with Gasteiger partial charge < -0.3 is 19.1 Å². The number of halogens is 1. The predicted molar refractivity (Wildman–Crippen MR) is 130 cm³/mol. The molecule has 8 heteroatoms. The Balaban J connectivity index is 1.48. The van der Waals surface area contributed by atoms with Crippen molar-refractivity contribution in [3.63, 3.8) is 0 Å². The van der Waals surface area contributed by atoms with Gasteiger partial charge in [0.25, 0.3) is 0 Å². The molecule has 1 aliphatic rings. The van der Waals surface area contributed by atoms with E-state index in [1.807, 2.05) is 30.3 Å². The van der Waals surface area contributed by atoms with Gasteiger partial charge in [-0.2, -0.15) is 5.10 Å². The summed E-state index contributed by atoms with van der Waals surface area (Å²) in [6.45, 7) is 7.24. The van der Waals surface area contributed by atoms with E-state index in [1.54, 1.807) is 14.0 Å². The molecule has 0 saturated carbocycles. The number of benzene rings is 2. The fraction of sp³-hybridized carbons (Fsp3) is 0.440. The molecule has 2 heterocycles. The zero-order chi connectivity index (χ0) is 23.2. The molecule has 4 rings (SSSR count). The molecule has 176 valence electrons. The van der Waals surface area contributed by atoms with Crippen molar-refractivity contribution in [2.75, 3.05) is 40.0 Å². The number of carbonyl (C=O) groups excluding carboxylic acids is 1. The standard InChI is InChI=1S/C25H30BrN3O4/c1-3-32-25(30)12-19-6-4-5-7-24(19)33-17-22-21-13-20(26)8-9-23(21)29(27-22)16-18-14-28(15-18)10-11-31-2/h4-9,13,18H,3,10-12,14-17H2,1-2H3. The Morgan fingerprint density at radius 1 is 1.21 bits per heavy atom. The lowest BCUT2D eigenvalue weighted by atomic mass is 10.0. The van der Waals surface area contributed by atoms with Crippen LogP contribution in [0.4, 0.5) is 0 Å². The highest BCUT2D eigenvalue weighted by molar-refractivity contribution is 9.10. The van der Waals surface area contributed by atoms with Crippen molar-refractivity contribution >= 4 is 32.8 Å². The molecule has 33 heavy (non-hydrogen) atoms. The number of carbonyl (C=O) groups is 1. The summed E-state index contributed by atoms with van der Waals surface area (Å²) >= 11 is 3.59. The van der Waals surface area contributed by atoms with Gasteiger partial charge in [-0.3, -0.25) is 9.48 Å². The Labute approximate surface area is 202 Å². The lowest BCUT2D eigenvalue weighted by molar-refractivity contribution is -0.142. The largest absolute Gasteiger partial charge is 0.487 e. The molecule has 1 aromatic heterocycles. The Hall–Kier alpha value is -2.42. The minimum atomic E-state index is -0.257. The minimum absolute atomic E-state index is 0.187. The van der Waals surface area contributed by atoms with E-state index in [2.05, 4.69) is 37.6 Å². The van der Waals surface area contributed by atoms with E-state index < -0.39 is 0 Å². The van der Waals surface area contributed by atoms with Gasteiger partial charge in [0.05, 0.1) is 25.2 Å². The van der Waals surface area contributed by atoms with Crippen molar-refractivity contribution in [3.8, 4) is 5.75 Å². The Bertz CT molecular complexity index is 1090. The topological polar surface area (TPSA) is 65.8 Å². The molecule has 7 nitrogen and oxygen atoms in total. The molecule has 0 amide bonds. The van der Waals surface area contributed by atoms with Crippen molar-refractivity contribution in [3.05, 3.63) is 58.2 Å². The fourth-order valence-electron chi connectivity index (χ4n) is 4.21. The van der Waals surface area contributed by atoms with Gasteiger partial charge in [0, 0.05) is 54.6 Å². The third kappa shape index (κ3) is 5.93. The molecule has 2 aromatic carbocycles. The van der Waals surface area contributed by atoms with E-state index in [9.17, 15) is 4.79 Å². The molecule has 0 atom stereocenters. The summed E-state index contributed by atoms with van der Waals surface area (Å²) in [5.41, 5.74) is 2.80. The van der Waals surface area contributed by atoms with Gasteiger partial charge in [-0.05, 0) is 31.2 Å². The average Bonchev–Trinajstić information content (AvgIpc) is 3.11. The molecule has 0 bridgehead atoms. The number of likely N-dealkylation sites (tertiary alicyclic amines) is 1. The molecule has 0 aliphatic carbocycles. The van der Waals surface area contributed by atoms with Crippen molar-refractivity contribution in [1.29, 1.82) is 0 Å². The van der Waals surface area contributed by atoms with E-state index in [0.717, 1.165) is 59.4 Å².